The molecule has 3 N–H and O–H groups in total. The van der Waals surface area contributed by atoms with E-state index in [1.807, 2.05) is 0 Å². The highest BCUT2D eigenvalue weighted by Gasteiger charge is 2.39. The van der Waals surface area contributed by atoms with Crippen molar-refractivity contribution in [2.24, 2.45) is 0 Å². The van der Waals surface area contributed by atoms with Crippen LogP contribution in [0.25, 0.3) is 0 Å². The van der Waals surface area contributed by atoms with Crippen LogP contribution in [0.3, 0.4) is 0 Å². The van der Waals surface area contributed by atoms with E-state index in [0.717, 1.165) is 0 Å². The summed E-state index contributed by atoms with van der Waals surface area (Å²) in [7, 11) is 1.50. The number of aliphatic hydroxyl groups is 3. The van der Waals surface area contributed by atoms with Crippen molar-refractivity contribution in [1.82, 2.24) is 0 Å². The number of para-hydroxylation sites is 2. The zero-order chi connectivity index (χ0) is 13.1. The van der Waals surface area contributed by atoms with Gasteiger partial charge in [-0.05, 0) is 12.1 Å². The van der Waals surface area contributed by atoms with Gasteiger partial charge in [0, 0.05) is 0 Å². The summed E-state index contributed by atoms with van der Waals surface area (Å²) < 4.78 is 15.7. The highest BCUT2D eigenvalue weighted by atomic mass is 16.7. The first-order valence-electron chi connectivity index (χ1n) is 5.59. The van der Waals surface area contributed by atoms with Gasteiger partial charge >= 0.3 is 0 Å². The lowest BCUT2D eigenvalue weighted by Crippen LogP contribution is -2.54. The molecule has 1 aromatic rings. The molecule has 1 aliphatic rings. The van der Waals surface area contributed by atoms with Gasteiger partial charge in [0.1, 0.15) is 18.3 Å². The Morgan fingerprint density at radius 3 is 2.44 bits per heavy atom. The molecule has 1 heterocycles. The lowest BCUT2D eigenvalue weighted by Gasteiger charge is -2.35. The summed E-state index contributed by atoms with van der Waals surface area (Å²) in [5.41, 5.74) is 0. The number of ether oxygens (including phenoxy) is 3. The third-order valence-electron chi connectivity index (χ3n) is 2.77. The molecule has 6 heteroatoms. The minimum atomic E-state index is -1.32. The average molecular weight is 256 g/mol. The Kier molecular flexibility index (Phi) is 4.03. The first kappa shape index (κ1) is 13.1. The van der Waals surface area contributed by atoms with Crippen LogP contribution in [0.5, 0.6) is 11.5 Å². The molecule has 0 spiro atoms. The van der Waals surface area contributed by atoms with E-state index in [0.29, 0.717) is 11.5 Å². The second-order valence-corrected chi connectivity index (χ2v) is 4.02. The van der Waals surface area contributed by atoms with Crippen LogP contribution in [0.2, 0.25) is 0 Å². The van der Waals surface area contributed by atoms with Crippen molar-refractivity contribution in [2.75, 3.05) is 13.7 Å². The lowest BCUT2D eigenvalue weighted by atomic mass is 10.1. The Morgan fingerprint density at radius 2 is 1.78 bits per heavy atom. The van der Waals surface area contributed by atoms with Crippen LogP contribution in [-0.4, -0.2) is 53.6 Å². The molecule has 1 fully saturated rings. The smallest absolute Gasteiger partial charge is 0.229 e. The van der Waals surface area contributed by atoms with Gasteiger partial charge in [0.2, 0.25) is 6.29 Å². The predicted octanol–water partition coefficient (Wildman–Crippen LogP) is -0.487. The van der Waals surface area contributed by atoms with E-state index in [-0.39, 0.29) is 6.61 Å². The molecule has 1 saturated heterocycles. The van der Waals surface area contributed by atoms with Crippen molar-refractivity contribution in [3.63, 3.8) is 0 Å². The molecule has 0 aromatic heterocycles. The summed E-state index contributed by atoms with van der Waals surface area (Å²) in [6, 6.07) is 6.89. The molecule has 0 saturated carbocycles. The van der Waals surface area contributed by atoms with E-state index in [9.17, 15) is 15.3 Å². The summed E-state index contributed by atoms with van der Waals surface area (Å²) in [6.45, 7) is -0.0992. The molecule has 0 amide bonds. The maximum Gasteiger partial charge on any atom is 0.229 e. The van der Waals surface area contributed by atoms with Crippen molar-refractivity contribution in [2.45, 2.75) is 24.6 Å². The van der Waals surface area contributed by atoms with Gasteiger partial charge in [0.05, 0.1) is 13.7 Å². The zero-order valence-corrected chi connectivity index (χ0v) is 9.89. The van der Waals surface area contributed by atoms with Crippen LogP contribution < -0.4 is 9.47 Å². The summed E-state index contributed by atoms with van der Waals surface area (Å²) in [4.78, 5) is 0. The van der Waals surface area contributed by atoms with Gasteiger partial charge in [-0.2, -0.15) is 0 Å². The molecular formula is C12H16O6. The van der Waals surface area contributed by atoms with E-state index in [1.54, 1.807) is 24.3 Å². The number of benzene rings is 1. The van der Waals surface area contributed by atoms with Crippen LogP contribution in [0.4, 0.5) is 0 Å². The molecule has 2 rings (SSSR count). The minimum absolute atomic E-state index is 0.0992. The third kappa shape index (κ3) is 2.56. The minimum Gasteiger partial charge on any atom is -0.493 e. The topological polar surface area (TPSA) is 88.4 Å². The van der Waals surface area contributed by atoms with Crippen molar-refractivity contribution < 1.29 is 29.5 Å². The Morgan fingerprint density at radius 1 is 1.11 bits per heavy atom. The van der Waals surface area contributed by atoms with Gasteiger partial charge in [-0.15, -0.1) is 0 Å². The van der Waals surface area contributed by atoms with Crippen LogP contribution in [0, 0.1) is 0 Å². The number of methoxy groups -OCH3 is 1. The standard InChI is InChI=1S/C12H16O6/c1-16-8-4-2-3-5-9(8)18-12-11(15)10(14)7(13)6-17-12/h2-5,7,10-15H,6H2,1H3/t7-,10+,11-,12-/m0/s1. The molecule has 6 nitrogen and oxygen atoms in total. The quantitative estimate of drug-likeness (QED) is 0.676. The third-order valence-corrected chi connectivity index (χ3v) is 2.77. The fourth-order valence-corrected chi connectivity index (χ4v) is 1.72. The molecule has 0 bridgehead atoms. The molecule has 0 aliphatic carbocycles. The van der Waals surface area contributed by atoms with E-state index in [1.165, 1.54) is 7.11 Å². The highest BCUT2D eigenvalue weighted by molar-refractivity contribution is 5.39. The molecule has 0 unspecified atom stereocenters. The van der Waals surface area contributed by atoms with Gasteiger partial charge in [-0.3, -0.25) is 0 Å². The Hall–Kier alpha value is -1.34. The molecule has 100 valence electrons. The van der Waals surface area contributed by atoms with Crippen molar-refractivity contribution >= 4 is 0 Å². The molecule has 0 radical (unpaired) electrons. The monoisotopic (exact) mass is 256 g/mol. The van der Waals surface area contributed by atoms with Crippen molar-refractivity contribution in [1.29, 1.82) is 0 Å². The molecule has 4 atom stereocenters. The number of rotatable bonds is 3. The molecule has 1 aliphatic heterocycles. The van der Waals surface area contributed by atoms with E-state index < -0.39 is 24.6 Å². The van der Waals surface area contributed by atoms with Crippen molar-refractivity contribution in [3.8, 4) is 11.5 Å². The average Bonchev–Trinajstić information content (AvgIpc) is 2.40. The summed E-state index contributed by atoms with van der Waals surface area (Å²) in [6.07, 6.45) is -4.77. The van der Waals surface area contributed by atoms with Gasteiger partial charge in [-0.1, -0.05) is 12.1 Å². The van der Waals surface area contributed by atoms with Gasteiger partial charge < -0.3 is 29.5 Å². The first-order chi connectivity index (χ1) is 8.63. The second-order valence-electron chi connectivity index (χ2n) is 4.02. The SMILES string of the molecule is COc1ccccc1O[C@@H]1OC[C@H](O)[C@@H](O)[C@@H]1O. The summed E-state index contributed by atoms with van der Waals surface area (Å²) in [5, 5.41) is 28.6. The van der Waals surface area contributed by atoms with Crippen molar-refractivity contribution in [3.05, 3.63) is 24.3 Å². The maximum absolute atomic E-state index is 9.73. The fourth-order valence-electron chi connectivity index (χ4n) is 1.72. The van der Waals surface area contributed by atoms with Gasteiger partial charge in [-0.25, -0.2) is 0 Å². The predicted molar refractivity (Wildman–Crippen MR) is 61.4 cm³/mol. The van der Waals surface area contributed by atoms with Gasteiger partial charge in [0.15, 0.2) is 11.5 Å². The Labute approximate surface area is 104 Å². The van der Waals surface area contributed by atoms with Crippen LogP contribution in [0.15, 0.2) is 24.3 Å². The second kappa shape index (κ2) is 5.53. The molecule has 18 heavy (non-hydrogen) atoms. The van der Waals surface area contributed by atoms with E-state index >= 15 is 0 Å². The zero-order valence-electron chi connectivity index (χ0n) is 9.89. The normalized spacial score (nSPS) is 32.0. The number of aliphatic hydroxyl groups excluding tert-OH is 3. The Bertz CT molecular complexity index is 396. The lowest BCUT2D eigenvalue weighted by molar-refractivity contribution is -0.242. The maximum atomic E-state index is 9.73. The first-order valence-corrected chi connectivity index (χ1v) is 5.59. The van der Waals surface area contributed by atoms with E-state index in [4.69, 9.17) is 14.2 Å². The van der Waals surface area contributed by atoms with Gasteiger partial charge in [0.25, 0.3) is 0 Å². The van der Waals surface area contributed by atoms with Crippen LogP contribution in [-0.2, 0) is 4.74 Å². The molecule has 1 aromatic carbocycles. The summed E-state index contributed by atoms with van der Waals surface area (Å²) in [5.74, 6) is 0.890. The Balaban J connectivity index is 2.09. The van der Waals surface area contributed by atoms with Crippen LogP contribution in [0.1, 0.15) is 0 Å². The van der Waals surface area contributed by atoms with E-state index in [2.05, 4.69) is 0 Å². The largest absolute Gasteiger partial charge is 0.493 e. The highest BCUT2D eigenvalue weighted by Crippen LogP contribution is 2.29. The molecular weight excluding hydrogens is 240 g/mol. The van der Waals surface area contributed by atoms with Crippen LogP contribution >= 0.6 is 0 Å². The summed E-state index contributed by atoms with van der Waals surface area (Å²) >= 11 is 0. The number of hydrogen-bond donors (Lipinski definition) is 3. The fraction of sp³-hybridized carbons (Fsp3) is 0.500. The number of hydrogen-bond acceptors (Lipinski definition) is 6.